The maximum Gasteiger partial charge on any atom is 0.120 e. The zero-order valence-electron chi connectivity index (χ0n) is 12.4. The summed E-state index contributed by atoms with van der Waals surface area (Å²) in [5, 5.41) is 8.84. The second-order valence-electron chi connectivity index (χ2n) is 5.00. The highest BCUT2D eigenvalue weighted by molar-refractivity contribution is 5.36. The van der Waals surface area contributed by atoms with Gasteiger partial charge in [0, 0.05) is 18.8 Å². The first-order chi connectivity index (χ1) is 10.2. The lowest BCUT2D eigenvalue weighted by Gasteiger charge is -2.16. The van der Waals surface area contributed by atoms with Gasteiger partial charge >= 0.3 is 0 Å². The minimum absolute atomic E-state index is 0.581. The summed E-state index contributed by atoms with van der Waals surface area (Å²) in [6.45, 7) is 4.17. The first-order valence-electron chi connectivity index (χ1n) is 6.91. The first kappa shape index (κ1) is 15.0. The van der Waals surface area contributed by atoms with Crippen molar-refractivity contribution in [2.45, 2.75) is 13.5 Å². The number of hydrogen-bond acceptors (Lipinski definition) is 4. The van der Waals surface area contributed by atoms with Crippen molar-refractivity contribution in [1.82, 2.24) is 9.88 Å². The molecule has 0 atom stereocenters. The number of aromatic nitrogens is 1. The van der Waals surface area contributed by atoms with E-state index in [2.05, 4.69) is 16.0 Å². The van der Waals surface area contributed by atoms with Crippen LogP contribution in [0.2, 0.25) is 0 Å². The summed E-state index contributed by atoms with van der Waals surface area (Å²) in [5.74, 6) is 0.733. The van der Waals surface area contributed by atoms with Crippen LogP contribution in [0.15, 0.2) is 42.5 Å². The lowest BCUT2D eigenvalue weighted by atomic mass is 10.2. The number of ether oxygens (including phenoxy) is 1. The molecular weight excluding hydrogens is 262 g/mol. The molecule has 21 heavy (non-hydrogen) atoms. The first-order valence-corrected chi connectivity index (χ1v) is 6.91. The standard InChI is InChI=1S/C17H19N3O/c1-14-5-3-7-16(19-14)13-20(2)9-10-21-17-8-4-6-15(11-17)12-18/h3-8,11H,9-10,13H2,1-2H3. The van der Waals surface area contributed by atoms with E-state index in [4.69, 9.17) is 10.00 Å². The molecule has 0 spiro atoms. The molecule has 2 aromatic rings. The highest BCUT2D eigenvalue weighted by atomic mass is 16.5. The van der Waals surface area contributed by atoms with Gasteiger partial charge in [-0.2, -0.15) is 5.26 Å². The summed E-state index contributed by atoms with van der Waals surface area (Å²) in [7, 11) is 2.04. The number of nitrogens with zero attached hydrogens (tertiary/aromatic N) is 3. The van der Waals surface area contributed by atoms with Gasteiger partial charge in [-0.1, -0.05) is 12.1 Å². The van der Waals surface area contributed by atoms with Crippen LogP contribution in [0.3, 0.4) is 0 Å². The molecule has 0 unspecified atom stereocenters. The lowest BCUT2D eigenvalue weighted by molar-refractivity contribution is 0.231. The van der Waals surface area contributed by atoms with E-state index in [0.29, 0.717) is 12.2 Å². The molecular formula is C17H19N3O. The Kier molecular flexibility index (Phi) is 5.30. The molecule has 0 bridgehead atoms. The van der Waals surface area contributed by atoms with Gasteiger partial charge in [0.25, 0.3) is 0 Å². The van der Waals surface area contributed by atoms with Gasteiger partial charge in [0.05, 0.1) is 17.3 Å². The molecule has 0 N–H and O–H groups in total. The molecule has 1 aromatic heterocycles. The van der Waals surface area contributed by atoms with Crippen molar-refractivity contribution in [1.29, 1.82) is 5.26 Å². The molecule has 2 rings (SSSR count). The molecule has 0 saturated carbocycles. The van der Waals surface area contributed by atoms with Crippen molar-refractivity contribution in [3.8, 4) is 11.8 Å². The number of nitriles is 1. The van der Waals surface area contributed by atoms with Gasteiger partial charge in [-0.25, -0.2) is 0 Å². The molecule has 0 fully saturated rings. The SMILES string of the molecule is Cc1cccc(CN(C)CCOc2cccc(C#N)c2)n1. The molecule has 4 heteroatoms. The van der Waals surface area contributed by atoms with Crippen molar-refractivity contribution >= 4 is 0 Å². The average molecular weight is 281 g/mol. The van der Waals surface area contributed by atoms with E-state index >= 15 is 0 Å². The van der Waals surface area contributed by atoms with Gasteiger partial charge in [0.1, 0.15) is 12.4 Å². The Morgan fingerprint density at radius 2 is 2.05 bits per heavy atom. The largest absolute Gasteiger partial charge is 0.492 e. The van der Waals surface area contributed by atoms with Crippen LogP contribution in [-0.2, 0) is 6.54 Å². The Bertz CT molecular complexity index is 634. The number of rotatable bonds is 6. The number of hydrogen-bond donors (Lipinski definition) is 0. The van der Waals surface area contributed by atoms with E-state index < -0.39 is 0 Å². The van der Waals surface area contributed by atoms with Crippen LogP contribution in [0.1, 0.15) is 17.0 Å². The number of benzene rings is 1. The van der Waals surface area contributed by atoms with E-state index in [0.717, 1.165) is 30.2 Å². The second-order valence-corrected chi connectivity index (χ2v) is 5.00. The molecule has 0 aliphatic rings. The molecule has 0 saturated heterocycles. The molecule has 0 aliphatic heterocycles. The summed E-state index contributed by atoms with van der Waals surface area (Å²) in [6, 6.07) is 15.4. The van der Waals surface area contributed by atoms with Crippen LogP contribution in [-0.4, -0.2) is 30.1 Å². The number of pyridine rings is 1. The number of likely N-dealkylation sites (N-methyl/N-ethyl adjacent to an activating group) is 1. The third-order valence-electron chi connectivity index (χ3n) is 3.08. The molecule has 0 amide bonds. The van der Waals surface area contributed by atoms with Crippen LogP contribution < -0.4 is 4.74 Å². The van der Waals surface area contributed by atoms with Gasteiger partial charge < -0.3 is 4.74 Å². The molecule has 4 nitrogen and oxygen atoms in total. The fourth-order valence-corrected chi connectivity index (χ4v) is 2.02. The van der Waals surface area contributed by atoms with Gasteiger partial charge in [-0.3, -0.25) is 9.88 Å². The quantitative estimate of drug-likeness (QED) is 0.817. The van der Waals surface area contributed by atoms with Gasteiger partial charge in [0.2, 0.25) is 0 Å². The highest BCUT2D eigenvalue weighted by Crippen LogP contribution is 2.12. The summed E-state index contributed by atoms with van der Waals surface area (Å²) >= 11 is 0. The van der Waals surface area contributed by atoms with Crippen molar-refractivity contribution in [3.05, 3.63) is 59.4 Å². The third kappa shape index (κ3) is 4.90. The van der Waals surface area contributed by atoms with Gasteiger partial charge in [-0.15, -0.1) is 0 Å². The zero-order chi connectivity index (χ0) is 15.1. The minimum Gasteiger partial charge on any atom is -0.492 e. The normalized spacial score (nSPS) is 10.4. The average Bonchev–Trinajstić information content (AvgIpc) is 2.47. The van der Waals surface area contributed by atoms with Crippen molar-refractivity contribution in [2.24, 2.45) is 0 Å². The summed E-state index contributed by atoms with van der Waals surface area (Å²) in [5.41, 5.74) is 2.71. The smallest absolute Gasteiger partial charge is 0.120 e. The van der Waals surface area contributed by atoms with E-state index in [1.54, 1.807) is 12.1 Å². The maximum atomic E-state index is 8.84. The summed E-state index contributed by atoms with van der Waals surface area (Å²) in [6.07, 6.45) is 0. The topological polar surface area (TPSA) is 49.1 Å². The van der Waals surface area contributed by atoms with E-state index in [1.165, 1.54) is 0 Å². The molecule has 1 heterocycles. The fourth-order valence-electron chi connectivity index (χ4n) is 2.02. The van der Waals surface area contributed by atoms with Crippen LogP contribution in [0.5, 0.6) is 5.75 Å². The summed E-state index contributed by atoms with van der Waals surface area (Å²) in [4.78, 5) is 6.65. The summed E-state index contributed by atoms with van der Waals surface area (Å²) < 4.78 is 5.67. The Morgan fingerprint density at radius 3 is 2.81 bits per heavy atom. The van der Waals surface area contributed by atoms with Gasteiger partial charge in [-0.05, 0) is 44.3 Å². The molecule has 0 aliphatic carbocycles. The van der Waals surface area contributed by atoms with Crippen LogP contribution >= 0.6 is 0 Å². The monoisotopic (exact) mass is 281 g/mol. The number of aryl methyl sites for hydroxylation is 1. The Labute approximate surface area is 125 Å². The van der Waals surface area contributed by atoms with Crippen molar-refractivity contribution in [3.63, 3.8) is 0 Å². The third-order valence-corrected chi connectivity index (χ3v) is 3.08. The Hall–Kier alpha value is -2.38. The van der Waals surface area contributed by atoms with E-state index in [1.807, 2.05) is 44.3 Å². The van der Waals surface area contributed by atoms with Crippen molar-refractivity contribution < 1.29 is 4.74 Å². The van der Waals surface area contributed by atoms with Gasteiger partial charge in [0.15, 0.2) is 0 Å². The van der Waals surface area contributed by atoms with E-state index in [9.17, 15) is 0 Å². The molecule has 0 radical (unpaired) electrons. The van der Waals surface area contributed by atoms with Crippen LogP contribution in [0.25, 0.3) is 0 Å². The Balaban J connectivity index is 1.79. The highest BCUT2D eigenvalue weighted by Gasteiger charge is 2.03. The lowest BCUT2D eigenvalue weighted by Crippen LogP contribution is -2.24. The van der Waals surface area contributed by atoms with Crippen LogP contribution in [0.4, 0.5) is 0 Å². The minimum atomic E-state index is 0.581. The van der Waals surface area contributed by atoms with Crippen molar-refractivity contribution in [2.75, 3.05) is 20.2 Å². The molecule has 108 valence electrons. The molecule has 1 aromatic carbocycles. The fraction of sp³-hybridized carbons (Fsp3) is 0.294. The zero-order valence-corrected chi connectivity index (χ0v) is 12.4. The second kappa shape index (κ2) is 7.41. The predicted molar refractivity (Wildman–Crippen MR) is 82.0 cm³/mol. The predicted octanol–water partition coefficient (Wildman–Crippen LogP) is 2.77. The van der Waals surface area contributed by atoms with Crippen LogP contribution in [0, 0.1) is 18.3 Å². The maximum absolute atomic E-state index is 8.84. The Morgan fingerprint density at radius 1 is 1.24 bits per heavy atom. The van der Waals surface area contributed by atoms with E-state index in [-0.39, 0.29) is 0 Å².